The summed E-state index contributed by atoms with van der Waals surface area (Å²) in [6, 6.07) is 3.10. The largest absolute Gasteiger partial charge is 0.358 e. The van der Waals surface area contributed by atoms with Gasteiger partial charge in [-0.2, -0.15) is 0 Å². The van der Waals surface area contributed by atoms with Gasteiger partial charge in [0, 0.05) is 19.2 Å². The zero-order valence-corrected chi connectivity index (χ0v) is 14.8. The van der Waals surface area contributed by atoms with E-state index in [1.807, 2.05) is 6.92 Å². The van der Waals surface area contributed by atoms with Crippen molar-refractivity contribution in [1.29, 1.82) is 0 Å². The smallest absolute Gasteiger partial charge is 0.293 e. The second kappa shape index (κ2) is 7.74. The van der Waals surface area contributed by atoms with Gasteiger partial charge in [0.05, 0.1) is 10.7 Å². The van der Waals surface area contributed by atoms with E-state index in [0.29, 0.717) is 9.88 Å². The lowest BCUT2D eigenvalue weighted by Gasteiger charge is -2.17. The highest BCUT2D eigenvalue weighted by atomic mass is 32.2. The van der Waals surface area contributed by atoms with Gasteiger partial charge < -0.3 is 10.2 Å². The van der Waals surface area contributed by atoms with Gasteiger partial charge >= 0.3 is 0 Å². The Morgan fingerprint density at radius 2 is 2.04 bits per heavy atom. The summed E-state index contributed by atoms with van der Waals surface area (Å²) in [6.07, 6.45) is 2.25. The van der Waals surface area contributed by atoms with Crippen molar-refractivity contribution in [3.8, 4) is 0 Å². The van der Waals surface area contributed by atoms with Crippen molar-refractivity contribution in [3.05, 3.63) is 33.4 Å². The Labute approximate surface area is 144 Å². The van der Waals surface area contributed by atoms with Crippen molar-refractivity contribution >= 4 is 45.6 Å². The molecule has 1 amide bonds. The van der Waals surface area contributed by atoms with Crippen molar-refractivity contribution < 1.29 is 9.72 Å². The lowest BCUT2D eigenvalue weighted by molar-refractivity contribution is -0.384. The van der Waals surface area contributed by atoms with Gasteiger partial charge in [0.1, 0.15) is 10.0 Å². The molecule has 1 heterocycles. The number of thiocarbonyl (C=S) groups is 1. The Balaban J connectivity index is 2.01. The minimum absolute atomic E-state index is 0.0893. The number of nitrogens with one attached hydrogen (secondary N) is 1. The van der Waals surface area contributed by atoms with Gasteiger partial charge in [0.15, 0.2) is 0 Å². The quantitative estimate of drug-likeness (QED) is 0.509. The molecule has 0 bridgehead atoms. The Morgan fingerprint density at radius 3 is 2.65 bits per heavy atom. The van der Waals surface area contributed by atoms with E-state index in [9.17, 15) is 14.9 Å². The summed E-state index contributed by atoms with van der Waals surface area (Å²) in [5.41, 5.74) is 1.78. The number of thioether (sulfide) groups is 1. The van der Waals surface area contributed by atoms with Gasteiger partial charge in [-0.3, -0.25) is 14.9 Å². The van der Waals surface area contributed by atoms with Crippen molar-refractivity contribution in [2.45, 2.75) is 26.7 Å². The van der Waals surface area contributed by atoms with E-state index >= 15 is 0 Å². The van der Waals surface area contributed by atoms with Gasteiger partial charge in [0.25, 0.3) is 5.69 Å². The number of carbonyl (C=O) groups excluding carboxylic acids is 1. The summed E-state index contributed by atoms with van der Waals surface area (Å²) < 4.78 is 0.716. The molecular formula is C15H19N3O3S2. The molecule has 8 heteroatoms. The van der Waals surface area contributed by atoms with Crippen molar-refractivity contribution in [2.75, 3.05) is 24.2 Å². The third-order valence-corrected chi connectivity index (χ3v) is 5.39. The zero-order valence-electron chi connectivity index (χ0n) is 13.1. The van der Waals surface area contributed by atoms with Crippen LogP contribution in [0.4, 0.5) is 11.4 Å². The van der Waals surface area contributed by atoms with Gasteiger partial charge in [-0.15, -0.1) is 0 Å². The van der Waals surface area contributed by atoms with E-state index in [4.69, 9.17) is 12.2 Å². The van der Waals surface area contributed by atoms with Crippen LogP contribution in [0.2, 0.25) is 0 Å². The molecule has 0 aromatic heterocycles. The molecule has 1 aromatic carbocycles. The van der Waals surface area contributed by atoms with Gasteiger partial charge in [-0.25, -0.2) is 0 Å². The first-order chi connectivity index (χ1) is 10.9. The number of rotatable bonds is 4. The monoisotopic (exact) mass is 353 g/mol. The number of carbonyl (C=O) groups is 1. The molecule has 0 saturated carbocycles. The summed E-state index contributed by atoms with van der Waals surface area (Å²) >= 11 is 6.61. The van der Waals surface area contributed by atoms with Gasteiger partial charge in [-0.1, -0.05) is 30.0 Å². The van der Waals surface area contributed by atoms with Crippen LogP contribution in [0, 0.1) is 24.0 Å². The number of nitro benzene ring substituents is 1. The Kier molecular flexibility index (Phi) is 5.95. The fraction of sp³-hybridized carbons (Fsp3) is 0.467. The molecule has 1 aromatic rings. The summed E-state index contributed by atoms with van der Waals surface area (Å²) in [7, 11) is 0. The molecule has 0 unspecified atom stereocenters. The second-order valence-electron chi connectivity index (χ2n) is 5.46. The molecule has 0 spiro atoms. The van der Waals surface area contributed by atoms with Crippen LogP contribution in [-0.2, 0) is 4.79 Å². The third-order valence-electron chi connectivity index (χ3n) is 3.87. The lowest BCUT2D eigenvalue weighted by Crippen LogP contribution is -2.25. The van der Waals surface area contributed by atoms with Crippen LogP contribution in [0.15, 0.2) is 12.1 Å². The number of nitrogens with zero attached hydrogens (tertiary/aromatic N) is 2. The van der Waals surface area contributed by atoms with E-state index in [1.165, 1.54) is 17.8 Å². The molecule has 124 valence electrons. The minimum atomic E-state index is -0.482. The van der Waals surface area contributed by atoms with Crippen LogP contribution >= 0.6 is 24.0 Å². The van der Waals surface area contributed by atoms with Crippen molar-refractivity contribution in [3.63, 3.8) is 0 Å². The standard InChI is InChI=1S/C15H19N3O3S2/c1-10-5-6-12(18(20)21)14(11(10)2)16-13(19)9-23-15(22)17-7-3-4-8-17/h5-6H,3-4,7-9H2,1-2H3,(H,16,19). The highest BCUT2D eigenvalue weighted by Gasteiger charge is 2.20. The van der Waals surface area contributed by atoms with Crippen LogP contribution in [0.1, 0.15) is 24.0 Å². The summed E-state index contributed by atoms with van der Waals surface area (Å²) in [4.78, 5) is 24.9. The first-order valence-electron chi connectivity index (χ1n) is 7.36. The molecule has 23 heavy (non-hydrogen) atoms. The number of anilines is 1. The average molecular weight is 353 g/mol. The number of nitro groups is 1. The second-order valence-corrected chi connectivity index (χ2v) is 7.06. The molecule has 0 atom stereocenters. The first-order valence-corrected chi connectivity index (χ1v) is 8.75. The van der Waals surface area contributed by atoms with Crippen LogP contribution in [0.3, 0.4) is 0 Å². The SMILES string of the molecule is Cc1ccc([N+](=O)[O-])c(NC(=O)CSC(=S)N2CCCC2)c1C. The molecule has 0 radical (unpaired) electrons. The first kappa shape index (κ1) is 17.7. The number of aryl methyl sites for hydroxylation is 1. The Bertz CT molecular complexity index is 643. The van der Waals surface area contributed by atoms with Crippen LogP contribution in [-0.4, -0.2) is 38.9 Å². The van der Waals surface area contributed by atoms with Crippen molar-refractivity contribution in [1.82, 2.24) is 4.90 Å². The van der Waals surface area contributed by atoms with Gasteiger partial charge in [-0.05, 0) is 37.8 Å². The molecule has 2 rings (SSSR count). The van der Waals surface area contributed by atoms with E-state index in [2.05, 4.69) is 10.2 Å². The molecule has 1 aliphatic heterocycles. The highest BCUT2D eigenvalue weighted by molar-refractivity contribution is 8.23. The average Bonchev–Trinajstić information content (AvgIpc) is 3.03. The topological polar surface area (TPSA) is 75.5 Å². The van der Waals surface area contributed by atoms with Crippen LogP contribution < -0.4 is 5.32 Å². The third kappa shape index (κ3) is 4.42. The predicted molar refractivity (Wildman–Crippen MR) is 97.1 cm³/mol. The van der Waals surface area contributed by atoms with E-state index < -0.39 is 4.92 Å². The molecule has 1 N–H and O–H groups in total. The predicted octanol–water partition coefficient (Wildman–Crippen LogP) is 3.26. The van der Waals surface area contributed by atoms with Gasteiger partial charge in [0.2, 0.25) is 5.91 Å². The number of hydrogen-bond donors (Lipinski definition) is 1. The molecule has 1 aliphatic rings. The number of hydrogen-bond acceptors (Lipinski definition) is 5. The molecule has 1 fully saturated rings. The Morgan fingerprint density at radius 1 is 1.39 bits per heavy atom. The number of benzene rings is 1. The summed E-state index contributed by atoms with van der Waals surface area (Å²) in [5, 5.41) is 13.8. The lowest BCUT2D eigenvalue weighted by atomic mass is 10.1. The highest BCUT2D eigenvalue weighted by Crippen LogP contribution is 2.30. The van der Waals surface area contributed by atoms with Crippen LogP contribution in [0.5, 0.6) is 0 Å². The maximum absolute atomic E-state index is 12.1. The minimum Gasteiger partial charge on any atom is -0.358 e. The fourth-order valence-corrected chi connectivity index (χ4v) is 3.46. The van der Waals surface area contributed by atoms with Crippen molar-refractivity contribution in [2.24, 2.45) is 0 Å². The van der Waals surface area contributed by atoms with E-state index in [0.717, 1.165) is 31.5 Å². The molecular weight excluding hydrogens is 334 g/mol. The maximum atomic E-state index is 12.1. The maximum Gasteiger partial charge on any atom is 0.293 e. The zero-order chi connectivity index (χ0) is 17.0. The normalized spacial score (nSPS) is 13.9. The molecule has 0 aliphatic carbocycles. The van der Waals surface area contributed by atoms with Crippen LogP contribution in [0.25, 0.3) is 0 Å². The molecule has 6 nitrogen and oxygen atoms in total. The number of amides is 1. The molecule has 1 saturated heterocycles. The summed E-state index contributed by atoms with van der Waals surface area (Å²) in [6.45, 7) is 5.50. The number of likely N-dealkylation sites (tertiary alicyclic amines) is 1. The van der Waals surface area contributed by atoms with E-state index in [-0.39, 0.29) is 23.0 Å². The van der Waals surface area contributed by atoms with E-state index in [1.54, 1.807) is 13.0 Å². The fourth-order valence-electron chi connectivity index (χ4n) is 2.41. The summed E-state index contributed by atoms with van der Waals surface area (Å²) in [5.74, 6) is -0.131. The Hall–Kier alpha value is -1.67.